The molecule has 0 bridgehead atoms. The Balaban J connectivity index is 1.90. The molecule has 4 nitrogen and oxygen atoms in total. The lowest BCUT2D eigenvalue weighted by Gasteiger charge is -2.23. The lowest BCUT2D eigenvalue weighted by atomic mass is 10.1. The Morgan fingerprint density at radius 3 is 2.84 bits per heavy atom. The number of hydrogen-bond acceptors (Lipinski definition) is 3. The van der Waals surface area contributed by atoms with E-state index in [4.69, 9.17) is 4.74 Å². The molecule has 3 N–H and O–H groups in total. The van der Waals surface area contributed by atoms with Crippen LogP contribution >= 0.6 is 0 Å². The van der Waals surface area contributed by atoms with Gasteiger partial charge in [0.25, 0.3) is 0 Å². The van der Waals surface area contributed by atoms with Gasteiger partial charge in [0.2, 0.25) is 0 Å². The van der Waals surface area contributed by atoms with Crippen LogP contribution in [0.2, 0.25) is 0 Å². The van der Waals surface area contributed by atoms with Gasteiger partial charge in [-0.1, -0.05) is 6.07 Å². The summed E-state index contributed by atoms with van der Waals surface area (Å²) in [7, 11) is 0. The van der Waals surface area contributed by atoms with Crippen molar-refractivity contribution < 1.29 is 9.84 Å². The molecule has 0 fully saturated rings. The van der Waals surface area contributed by atoms with E-state index in [1.165, 1.54) is 0 Å². The summed E-state index contributed by atoms with van der Waals surface area (Å²) in [4.78, 5) is 3.14. The fraction of sp³-hybridized carbons (Fsp3) is 0.467. The first-order valence-corrected chi connectivity index (χ1v) is 6.58. The average molecular weight is 262 g/mol. The number of nitrogens with one attached hydrogen (secondary N) is 2. The van der Waals surface area contributed by atoms with Crippen molar-refractivity contribution in [2.24, 2.45) is 0 Å². The minimum absolute atomic E-state index is 0.00162. The highest BCUT2D eigenvalue weighted by Crippen LogP contribution is 2.24. The van der Waals surface area contributed by atoms with E-state index in [0.29, 0.717) is 6.54 Å². The number of aliphatic hydroxyl groups excluding tert-OH is 1. The molecule has 2 rings (SSSR count). The van der Waals surface area contributed by atoms with E-state index in [9.17, 15) is 5.11 Å². The molecule has 2 aromatic rings. The second-order valence-corrected chi connectivity index (χ2v) is 5.79. The number of hydrogen-bond donors (Lipinski definition) is 3. The largest absolute Gasteiger partial charge is 0.490 e. The molecular weight excluding hydrogens is 240 g/mol. The maximum Gasteiger partial charge on any atom is 0.128 e. The van der Waals surface area contributed by atoms with Crippen LogP contribution in [0.15, 0.2) is 30.5 Å². The highest BCUT2D eigenvalue weighted by Gasteiger charge is 2.13. The number of aromatic amines is 1. The minimum atomic E-state index is -0.520. The van der Waals surface area contributed by atoms with Crippen molar-refractivity contribution in [2.75, 3.05) is 13.2 Å². The first kappa shape index (κ1) is 13.9. The molecule has 1 aromatic carbocycles. The molecule has 0 spiro atoms. The predicted molar refractivity (Wildman–Crippen MR) is 77.6 cm³/mol. The van der Waals surface area contributed by atoms with Crippen LogP contribution < -0.4 is 10.1 Å². The van der Waals surface area contributed by atoms with Gasteiger partial charge in [0.15, 0.2) is 0 Å². The van der Waals surface area contributed by atoms with Crippen LogP contribution in [-0.2, 0) is 0 Å². The summed E-state index contributed by atoms with van der Waals surface area (Å²) in [5.74, 6) is 0.800. The van der Waals surface area contributed by atoms with Crippen molar-refractivity contribution in [3.63, 3.8) is 0 Å². The minimum Gasteiger partial charge on any atom is -0.490 e. The first-order valence-electron chi connectivity index (χ1n) is 6.58. The van der Waals surface area contributed by atoms with Crippen molar-refractivity contribution in [1.82, 2.24) is 10.3 Å². The SMILES string of the molecule is CC(C)(C)NCC(O)COc1cccc2[nH]ccc12. The Labute approximate surface area is 113 Å². The van der Waals surface area contributed by atoms with Crippen molar-refractivity contribution in [2.45, 2.75) is 32.4 Å². The van der Waals surface area contributed by atoms with Crippen LogP contribution in [0.3, 0.4) is 0 Å². The third-order valence-electron chi connectivity index (χ3n) is 2.85. The number of H-pyrrole nitrogens is 1. The topological polar surface area (TPSA) is 57.3 Å². The van der Waals surface area contributed by atoms with Crippen molar-refractivity contribution in [3.05, 3.63) is 30.5 Å². The molecule has 0 aliphatic carbocycles. The second kappa shape index (κ2) is 5.63. The highest BCUT2D eigenvalue weighted by atomic mass is 16.5. The standard InChI is InChI=1S/C15H22N2O2/c1-15(2,3)17-9-11(18)10-19-14-6-4-5-13-12(14)7-8-16-13/h4-8,11,16-18H,9-10H2,1-3H3. The number of aliphatic hydroxyl groups is 1. The summed E-state index contributed by atoms with van der Waals surface area (Å²) in [6.45, 7) is 7.02. The fourth-order valence-corrected chi connectivity index (χ4v) is 1.85. The van der Waals surface area contributed by atoms with Crippen LogP contribution in [0.1, 0.15) is 20.8 Å². The molecule has 19 heavy (non-hydrogen) atoms. The molecular formula is C15H22N2O2. The number of β-amino-alcohol motifs (C(OH)–C–C–N with tert-alkyl or cyclic N) is 1. The van der Waals surface area contributed by atoms with Gasteiger partial charge in [-0.15, -0.1) is 0 Å². The summed E-state index contributed by atoms with van der Waals surface area (Å²) in [5, 5.41) is 14.2. The lowest BCUT2D eigenvalue weighted by Crippen LogP contribution is -2.42. The molecule has 1 atom stereocenters. The molecule has 4 heteroatoms. The van der Waals surface area contributed by atoms with E-state index >= 15 is 0 Å². The van der Waals surface area contributed by atoms with Gasteiger partial charge in [-0.05, 0) is 39.0 Å². The zero-order valence-corrected chi connectivity index (χ0v) is 11.7. The molecule has 104 valence electrons. The monoisotopic (exact) mass is 262 g/mol. The molecule has 0 aliphatic heterocycles. The summed E-state index contributed by atoms with van der Waals surface area (Å²) in [5.41, 5.74) is 1.04. The van der Waals surface area contributed by atoms with Gasteiger partial charge in [-0.2, -0.15) is 0 Å². The maximum atomic E-state index is 9.90. The third kappa shape index (κ3) is 3.98. The van der Waals surface area contributed by atoms with Crippen molar-refractivity contribution in [3.8, 4) is 5.75 Å². The van der Waals surface area contributed by atoms with E-state index in [2.05, 4.69) is 31.1 Å². The number of fused-ring (bicyclic) bond motifs is 1. The quantitative estimate of drug-likeness (QED) is 0.775. The van der Waals surface area contributed by atoms with Crippen molar-refractivity contribution >= 4 is 10.9 Å². The molecule has 0 saturated carbocycles. The summed E-state index contributed by atoms with van der Waals surface area (Å²) < 4.78 is 5.69. The molecule has 0 aliphatic rings. The lowest BCUT2D eigenvalue weighted by molar-refractivity contribution is 0.101. The van der Waals surface area contributed by atoms with Crippen LogP contribution in [0.4, 0.5) is 0 Å². The van der Waals surface area contributed by atoms with Crippen molar-refractivity contribution in [1.29, 1.82) is 0 Å². The van der Waals surface area contributed by atoms with E-state index in [1.54, 1.807) is 0 Å². The van der Waals surface area contributed by atoms with Gasteiger partial charge >= 0.3 is 0 Å². The Hall–Kier alpha value is -1.52. The van der Waals surface area contributed by atoms with Crippen LogP contribution in [-0.4, -0.2) is 34.9 Å². The molecule has 1 heterocycles. The van der Waals surface area contributed by atoms with Gasteiger partial charge < -0.3 is 20.1 Å². The molecule has 1 unspecified atom stereocenters. The zero-order valence-electron chi connectivity index (χ0n) is 11.7. The van der Waals surface area contributed by atoms with E-state index in [0.717, 1.165) is 16.7 Å². The van der Waals surface area contributed by atoms with E-state index in [-0.39, 0.29) is 12.1 Å². The summed E-state index contributed by atoms with van der Waals surface area (Å²) in [6.07, 6.45) is 1.36. The Morgan fingerprint density at radius 1 is 1.32 bits per heavy atom. The summed E-state index contributed by atoms with van der Waals surface area (Å²) >= 11 is 0. The van der Waals surface area contributed by atoms with E-state index in [1.807, 2.05) is 30.5 Å². The average Bonchev–Trinajstić information content (AvgIpc) is 2.81. The van der Waals surface area contributed by atoms with Gasteiger partial charge in [-0.3, -0.25) is 0 Å². The van der Waals surface area contributed by atoms with Crippen LogP contribution in [0.25, 0.3) is 10.9 Å². The van der Waals surface area contributed by atoms with Gasteiger partial charge in [0.1, 0.15) is 18.5 Å². The first-order chi connectivity index (χ1) is 8.96. The van der Waals surface area contributed by atoms with Crippen LogP contribution in [0.5, 0.6) is 5.75 Å². The maximum absolute atomic E-state index is 9.90. The highest BCUT2D eigenvalue weighted by molar-refractivity contribution is 5.85. The number of rotatable bonds is 5. The number of ether oxygens (including phenoxy) is 1. The predicted octanol–water partition coefficient (Wildman–Crippen LogP) is 2.30. The number of aromatic nitrogens is 1. The Morgan fingerprint density at radius 2 is 2.11 bits per heavy atom. The van der Waals surface area contributed by atoms with E-state index < -0.39 is 6.10 Å². The molecule has 0 radical (unpaired) electrons. The van der Waals surface area contributed by atoms with Gasteiger partial charge in [-0.25, -0.2) is 0 Å². The second-order valence-electron chi connectivity index (χ2n) is 5.79. The van der Waals surface area contributed by atoms with Crippen LogP contribution in [0, 0.1) is 0 Å². The van der Waals surface area contributed by atoms with Gasteiger partial charge in [0, 0.05) is 29.2 Å². The normalized spacial score (nSPS) is 13.7. The molecule has 0 saturated heterocycles. The summed E-state index contributed by atoms with van der Waals surface area (Å²) in [6, 6.07) is 7.83. The number of benzene rings is 1. The fourth-order valence-electron chi connectivity index (χ4n) is 1.85. The third-order valence-corrected chi connectivity index (χ3v) is 2.85. The zero-order chi connectivity index (χ0) is 13.9. The Kier molecular flexibility index (Phi) is 4.12. The smallest absolute Gasteiger partial charge is 0.128 e. The molecule has 1 aromatic heterocycles. The van der Waals surface area contributed by atoms with Gasteiger partial charge in [0.05, 0.1) is 0 Å². The molecule has 0 amide bonds. The Bertz CT molecular complexity index is 528.